The van der Waals surface area contributed by atoms with Crippen molar-refractivity contribution in [3.63, 3.8) is 0 Å². The molecule has 17 heavy (non-hydrogen) atoms. The summed E-state index contributed by atoms with van der Waals surface area (Å²) in [4.78, 5) is 0. The van der Waals surface area contributed by atoms with Crippen LogP contribution in [0.2, 0.25) is 0 Å². The average Bonchev–Trinajstić information content (AvgIpc) is 2.63. The highest BCUT2D eigenvalue weighted by Crippen LogP contribution is 2.29. The molecule has 1 heterocycles. The number of ether oxygens (including phenoxy) is 3. The van der Waals surface area contributed by atoms with Crippen LogP contribution in [0.4, 0.5) is 0 Å². The maximum atomic E-state index is 5.85. The lowest BCUT2D eigenvalue weighted by molar-refractivity contribution is -0.147. The molecule has 1 aromatic rings. The minimum absolute atomic E-state index is 0.115. The van der Waals surface area contributed by atoms with E-state index >= 15 is 0 Å². The van der Waals surface area contributed by atoms with Gasteiger partial charge in [0.1, 0.15) is 24.6 Å². The lowest BCUT2D eigenvalue weighted by atomic mass is 10.2. The summed E-state index contributed by atoms with van der Waals surface area (Å²) in [6, 6.07) is 9.65. The number of rotatable bonds is 4. The Kier molecular flexibility index (Phi) is 3.92. The molecule has 0 aliphatic carbocycles. The summed E-state index contributed by atoms with van der Waals surface area (Å²) < 4.78 is 17.1. The molecule has 4 heteroatoms. The van der Waals surface area contributed by atoms with Gasteiger partial charge in [-0.3, -0.25) is 0 Å². The van der Waals surface area contributed by atoms with E-state index in [-0.39, 0.29) is 12.2 Å². The lowest BCUT2D eigenvalue weighted by Crippen LogP contribution is -2.30. The van der Waals surface area contributed by atoms with E-state index in [0.29, 0.717) is 12.5 Å². The molecular weight excluding hydrogens is 240 g/mol. The van der Waals surface area contributed by atoms with Crippen LogP contribution in [0.5, 0.6) is 5.75 Å². The lowest BCUT2D eigenvalue weighted by Gasteiger charge is -2.17. The Labute approximate surface area is 107 Å². The van der Waals surface area contributed by atoms with Crippen molar-refractivity contribution in [3.05, 3.63) is 30.3 Å². The second-order valence-corrected chi connectivity index (χ2v) is 4.80. The molecule has 0 saturated carbocycles. The van der Waals surface area contributed by atoms with Crippen LogP contribution in [0.15, 0.2) is 30.3 Å². The van der Waals surface area contributed by atoms with Gasteiger partial charge in [0, 0.05) is 0 Å². The first-order valence-electron chi connectivity index (χ1n) is 5.70. The van der Waals surface area contributed by atoms with Gasteiger partial charge in [-0.05, 0) is 26.0 Å². The van der Waals surface area contributed by atoms with E-state index in [1.54, 1.807) is 0 Å². The molecule has 0 amide bonds. The van der Waals surface area contributed by atoms with Crippen molar-refractivity contribution >= 4 is 11.6 Å². The molecule has 0 bridgehead atoms. The van der Waals surface area contributed by atoms with E-state index in [2.05, 4.69) is 0 Å². The molecule has 0 N–H and O–H groups in total. The van der Waals surface area contributed by atoms with Gasteiger partial charge in [-0.1, -0.05) is 18.2 Å². The van der Waals surface area contributed by atoms with Crippen molar-refractivity contribution in [2.24, 2.45) is 0 Å². The van der Waals surface area contributed by atoms with Crippen LogP contribution in [-0.2, 0) is 9.47 Å². The van der Waals surface area contributed by atoms with Gasteiger partial charge in [0.25, 0.3) is 0 Å². The molecular formula is C13H17ClO3. The van der Waals surface area contributed by atoms with Crippen LogP contribution < -0.4 is 4.74 Å². The average molecular weight is 257 g/mol. The first kappa shape index (κ1) is 12.7. The molecule has 3 nitrogen and oxygen atoms in total. The summed E-state index contributed by atoms with van der Waals surface area (Å²) >= 11 is 5.85. The minimum atomic E-state index is -0.579. The Hall–Kier alpha value is -0.770. The fourth-order valence-corrected chi connectivity index (χ4v) is 2.14. The van der Waals surface area contributed by atoms with Crippen molar-refractivity contribution in [2.75, 3.05) is 12.5 Å². The Morgan fingerprint density at radius 2 is 1.82 bits per heavy atom. The van der Waals surface area contributed by atoms with Crippen molar-refractivity contribution in [2.45, 2.75) is 31.8 Å². The van der Waals surface area contributed by atoms with Gasteiger partial charge >= 0.3 is 0 Å². The summed E-state index contributed by atoms with van der Waals surface area (Å²) in [5.74, 6) is 0.658. The molecule has 1 aliphatic rings. The van der Waals surface area contributed by atoms with Crippen LogP contribution in [0, 0.1) is 0 Å². The van der Waals surface area contributed by atoms with E-state index in [0.717, 1.165) is 5.75 Å². The third kappa shape index (κ3) is 3.35. The molecule has 1 saturated heterocycles. The highest BCUT2D eigenvalue weighted by Gasteiger charge is 2.41. The maximum Gasteiger partial charge on any atom is 0.163 e. The normalized spacial score (nSPS) is 27.0. The first-order chi connectivity index (χ1) is 8.11. The summed E-state index contributed by atoms with van der Waals surface area (Å²) in [7, 11) is 0. The van der Waals surface area contributed by atoms with Gasteiger partial charge < -0.3 is 14.2 Å². The molecule has 2 atom stereocenters. The molecule has 2 rings (SSSR count). The third-order valence-corrected chi connectivity index (χ3v) is 2.90. The van der Waals surface area contributed by atoms with Gasteiger partial charge in [0.15, 0.2) is 5.79 Å². The molecule has 94 valence electrons. The van der Waals surface area contributed by atoms with E-state index in [1.807, 2.05) is 44.2 Å². The van der Waals surface area contributed by atoms with Gasteiger partial charge in [-0.15, -0.1) is 11.6 Å². The van der Waals surface area contributed by atoms with Crippen LogP contribution in [0.25, 0.3) is 0 Å². The van der Waals surface area contributed by atoms with Crippen molar-refractivity contribution in [3.8, 4) is 5.75 Å². The monoisotopic (exact) mass is 256 g/mol. The Morgan fingerprint density at radius 3 is 2.47 bits per heavy atom. The smallest absolute Gasteiger partial charge is 0.163 e. The van der Waals surface area contributed by atoms with E-state index in [1.165, 1.54) is 0 Å². The quantitative estimate of drug-likeness (QED) is 0.776. The zero-order valence-electron chi connectivity index (χ0n) is 10.1. The fraction of sp³-hybridized carbons (Fsp3) is 0.538. The summed E-state index contributed by atoms with van der Waals surface area (Å²) in [5.41, 5.74) is 0. The van der Waals surface area contributed by atoms with Gasteiger partial charge in [0.2, 0.25) is 0 Å². The topological polar surface area (TPSA) is 27.7 Å². The van der Waals surface area contributed by atoms with Crippen LogP contribution in [0.3, 0.4) is 0 Å². The van der Waals surface area contributed by atoms with Crippen LogP contribution in [-0.4, -0.2) is 30.5 Å². The van der Waals surface area contributed by atoms with Crippen molar-refractivity contribution in [1.82, 2.24) is 0 Å². The number of para-hydroxylation sites is 1. The van der Waals surface area contributed by atoms with E-state index in [9.17, 15) is 0 Å². The largest absolute Gasteiger partial charge is 0.491 e. The standard InChI is InChI=1S/C13H17ClO3/c1-13(2)16-11(8-14)12(17-13)9-15-10-6-4-3-5-7-10/h3-7,11-12H,8-9H2,1-2H3/t11-,12-/m0/s1. The molecule has 0 radical (unpaired) electrons. The van der Waals surface area contributed by atoms with Crippen LogP contribution >= 0.6 is 11.6 Å². The highest BCUT2D eigenvalue weighted by molar-refractivity contribution is 6.18. The Morgan fingerprint density at radius 1 is 1.18 bits per heavy atom. The molecule has 1 aliphatic heterocycles. The number of alkyl halides is 1. The number of benzene rings is 1. The Balaban J connectivity index is 1.91. The summed E-state index contributed by atoms with van der Waals surface area (Å²) in [5, 5.41) is 0. The van der Waals surface area contributed by atoms with E-state index < -0.39 is 5.79 Å². The predicted octanol–water partition coefficient (Wildman–Crippen LogP) is 2.82. The molecule has 1 aromatic carbocycles. The Bertz CT molecular complexity index is 353. The van der Waals surface area contributed by atoms with Crippen molar-refractivity contribution < 1.29 is 14.2 Å². The van der Waals surface area contributed by atoms with Gasteiger partial charge in [-0.2, -0.15) is 0 Å². The zero-order valence-corrected chi connectivity index (χ0v) is 10.8. The van der Waals surface area contributed by atoms with Gasteiger partial charge in [0.05, 0.1) is 5.88 Å². The summed E-state index contributed by atoms with van der Waals surface area (Å²) in [6.45, 7) is 4.22. The maximum absolute atomic E-state index is 5.85. The second-order valence-electron chi connectivity index (χ2n) is 4.49. The number of halogens is 1. The minimum Gasteiger partial charge on any atom is -0.491 e. The van der Waals surface area contributed by atoms with Gasteiger partial charge in [-0.25, -0.2) is 0 Å². The highest BCUT2D eigenvalue weighted by atomic mass is 35.5. The zero-order chi connectivity index (χ0) is 12.3. The number of hydrogen-bond donors (Lipinski definition) is 0. The molecule has 0 aromatic heterocycles. The molecule has 1 fully saturated rings. The van der Waals surface area contributed by atoms with Crippen molar-refractivity contribution in [1.29, 1.82) is 0 Å². The third-order valence-electron chi connectivity index (χ3n) is 2.59. The van der Waals surface area contributed by atoms with E-state index in [4.69, 9.17) is 25.8 Å². The fourth-order valence-electron chi connectivity index (χ4n) is 1.88. The molecule has 0 spiro atoms. The number of hydrogen-bond acceptors (Lipinski definition) is 3. The van der Waals surface area contributed by atoms with Crippen LogP contribution in [0.1, 0.15) is 13.8 Å². The SMILES string of the molecule is CC1(C)O[C@@H](CCl)[C@H](COc2ccccc2)O1. The molecule has 0 unspecified atom stereocenters. The summed E-state index contributed by atoms with van der Waals surface area (Å²) in [6.07, 6.45) is -0.238. The predicted molar refractivity (Wildman–Crippen MR) is 66.5 cm³/mol. The second kappa shape index (κ2) is 5.25. The first-order valence-corrected chi connectivity index (χ1v) is 6.23.